The first-order chi connectivity index (χ1) is 15.4. The van der Waals surface area contributed by atoms with E-state index in [2.05, 4.69) is 4.99 Å². The topological polar surface area (TPSA) is 62.2 Å². The van der Waals surface area contributed by atoms with E-state index < -0.39 is 5.97 Å². The molecule has 1 amide bonds. The maximum absolute atomic E-state index is 13.4. The van der Waals surface area contributed by atoms with Crippen LogP contribution in [0.15, 0.2) is 89.6 Å². The molecule has 3 aromatic rings. The molecule has 0 N–H and O–H groups in total. The maximum atomic E-state index is 13.4. The lowest BCUT2D eigenvalue weighted by Crippen LogP contribution is -2.33. The van der Waals surface area contributed by atoms with Crippen LogP contribution in [0, 0.1) is 0 Å². The Balaban J connectivity index is 1.81. The van der Waals surface area contributed by atoms with E-state index in [9.17, 15) is 9.59 Å². The number of amidine groups is 1. The second kappa shape index (κ2) is 8.89. The van der Waals surface area contributed by atoms with Gasteiger partial charge in [-0.3, -0.25) is 14.5 Å². The molecule has 0 spiro atoms. The Morgan fingerprint density at radius 2 is 1.59 bits per heavy atom. The van der Waals surface area contributed by atoms with Gasteiger partial charge in [0.2, 0.25) is 0 Å². The fourth-order valence-corrected chi connectivity index (χ4v) is 3.44. The molecule has 0 fully saturated rings. The number of hydrogen-bond acceptors (Lipinski definition) is 5. The first-order valence-corrected chi connectivity index (χ1v) is 10.2. The molecule has 1 heterocycles. The lowest BCUT2D eigenvalue weighted by Gasteiger charge is -2.19. The summed E-state index contributed by atoms with van der Waals surface area (Å²) in [4.78, 5) is 33.3. The number of anilines is 2. The first-order valence-electron chi connectivity index (χ1n) is 10.2. The van der Waals surface area contributed by atoms with Gasteiger partial charge < -0.3 is 9.64 Å². The number of aliphatic imine (C=N–C) groups is 1. The Morgan fingerprint density at radius 3 is 2.25 bits per heavy atom. The van der Waals surface area contributed by atoms with E-state index in [1.165, 1.54) is 6.92 Å². The van der Waals surface area contributed by atoms with Gasteiger partial charge in [-0.1, -0.05) is 42.5 Å². The lowest BCUT2D eigenvalue weighted by atomic mass is 10.1. The molecule has 0 saturated carbocycles. The number of benzene rings is 3. The highest BCUT2D eigenvalue weighted by atomic mass is 16.5. The number of nitrogens with zero attached hydrogens (tertiary/aromatic N) is 3. The van der Waals surface area contributed by atoms with Gasteiger partial charge in [0, 0.05) is 26.7 Å². The van der Waals surface area contributed by atoms with Crippen molar-refractivity contribution in [3.05, 3.63) is 95.7 Å². The van der Waals surface area contributed by atoms with Crippen molar-refractivity contribution in [3.63, 3.8) is 0 Å². The molecular formula is C26H23N3O3. The molecule has 32 heavy (non-hydrogen) atoms. The molecule has 6 heteroatoms. The number of carbonyl (C=O) groups is 2. The highest BCUT2D eigenvalue weighted by Crippen LogP contribution is 2.31. The van der Waals surface area contributed by atoms with E-state index in [1.807, 2.05) is 79.7 Å². The second-order valence-electron chi connectivity index (χ2n) is 7.52. The van der Waals surface area contributed by atoms with Crippen molar-refractivity contribution >= 4 is 35.2 Å². The van der Waals surface area contributed by atoms with Gasteiger partial charge in [-0.25, -0.2) is 4.99 Å². The highest BCUT2D eigenvalue weighted by Gasteiger charge is 2.34. The van der Waals surface area contributed by atoms with Crippen LogP contribution < -0.4 is 14.5 Å². The molecule has 0 aromatic heterocycles. The van der Waals surface area contributed by atoms with Crippen molar-refractivity contribution in [1.29, 1.82) is 0 Å². The Hall–Kier alpha value is -4.19. The molecule has 1 aliphatic heterocycles. The van der Waals surface area contributed by atoms with Crippen LogP contribution in [0.4, 0.5) is 11.4 Å². The average Bonchev–Trinajstić information content (AvgIpc) is 3.10. The van der Waals surface area contributed by atoms with Crippen LogP contribution >= 0.6 is 0 Å². The van der Waals surface area contributed by atoms with Gasteiger partial charge in [0.25, 0.3) is 5.91 Å². The normalized spacial score (nSPS) is 14.5. The third kappa shape index (κ3) is 4.30. The van der Waals surface area contributed by atoms with E-state index in [0.717, 1.165) is 11.3 Å². The summed E-state index contributed by atoms with van der Waals surface area (Å²) in [6, 6.07) is 24.2. The molecule has 0 saturated heterocycles. The second-order valence-corrected chi connectivity index (χ2v) is 7.52. The van der Waals surface area contributed by atoms with Crippen LogP contribution in [0.25, 0.3) is 6.08 Å². The zero-order valence-corrected chi connectivity index (χ0v) is 18.1. The molecule has 0 radical (unpaired) electrons. The maximum Gasteiger partial charge on any atom is 0.308 e. The third-order valence-electron chi connectivity index (χ3n) is 4.97. The minimum absolute atomic E-state index is 0.250. The van der Waals surface area contributed by atoms with Gasteiger partial charge in [-0.2, -0.15) is 0 Å². The fraction of sp³-hybridized carbons (Fsp3) is 0.115. The smallest absolute Gasteiger partial charge is 0.308 e. The molecule has 160 valence electrons. The van der Waals surface area contributed by atoms with Crippen LogP contribution in [0.2, 0.25) is 0 Å². The minimum Gasteiger partial charge on any atom is -0.426 e. The monoisotopic (exact) mass is 425 g/mol. The summed E-state index contributed by atoms with van der Waals surface area (Å²) in [5.74, 6) is 0.0733. The lowest BCUT2D eigenvalue weighted by molar-refractivity contribution is -0.131. The van der Waals surface area contributed by atoms with Crippen LogP contribution in [0.3, 0.4) is 0 Å². The van der Waals surface area contributed by atoms with Crippen molar-refractivity contribution in [2.75, 3.05) is 23.9 Å². The van der Waals surface area contributed by atoms with Crippen molar-refractivity contribution in [2.24, 2.45) is 4.99 Å². The fourth-order valence-electron chi connectivity index (χ4n) is 3.44. The van der Waals surface area contributed by atoms with Crippen molar-refractivity contribution in [2.45, 2.75) is 6.92 Å². The largest absolute Gasteiger partial charge is 0.426 e. The molecule has 6 nitrogen and oxygen atoms in total. The van der Waals surface area contributed by atoms with Gasteiger partial charge in [0.05, 0.1) is 11.3 Å². The predicted molar refractivity (Wildman–Crippen MR) is 127 cm³/mol. The molecular weight excluding hydrogens is 402 g/mol. The summed E-state index contributed by atoms with van der Waals surface area (Å²) in [6.45, 7) is 1.34. The number of para-hydroxylation sites is 2. The van der Waals surface area contributed by atoms with Gasteiger partial charge in [-0.15, -0.1) is 0 Å². The summed E-state index contributed by atoms with van der Waals surface area (Å²) in [7, 11) is 3.95. The van der Waals surface area contributed by atoms with Gasteiger partial charge in [-0.05, 0) is 48.0 Å². The minimum atomic E-state index is -0.439. The summed E-state index contributed by atoms with van der Waals surface area (Å²) >= 11 is 0. The third-order valence-corrected chi connectivity index (χ3v) is 4.97. The number of rotatable bonds is 5. The average molecular weight is 425 g/mol. The summed E-state index contributed by atoms with van der Waals surface area (Å²) in [5.41, 5.74) is 3.48. The number of esters is 1. The zero-order chi connectivity index (χ0) is 22.7. The molecule has 3 aromatic carbocycles. The molecule has 4 rings (SSSR count). The van der Waals surface area contributed by atoms with Crippen molar-refractivity contribution < 1.29 is 14.3 Å². The quantitative estimate of drug-likeness (QED) is 0.343. The summed E-state index contributed by atoms with van der Waals surface area (Å²) in [6.07, 6.45) is 1.76. The SMILES string of the molecule is CC(=O)Oc1ccccc1C1=NC(=Cc2ccc(N(C)C)cc2)C(=O)N1c1ccccc1. The first kappa shape index (κ1) is 21.1. The van der Waals surface area contributed by atoms with E-state index in [-0.39, 0.29) is 5.91 Å². The molecule has 1 aliphatic rings. The van der Waals surface area contributed by atoms with Crippen LogP contribution in [0.1, 0.15) is 18.1 Å². The van der Waals surface area contributed by atoms with E-state index in [0.29, 0.717) is 28.5 Å². The number of ether oxygens (including phenoxy) is 1. The summed E-state index contributed by atoms with van der Waals surface area (Å²) < 4.78 is 5.38. The number of amides is 1. The summed E-state index contributed by atoms with van der Waals surface area (Å²) in [5, 5.41) is 0. The number of hydrogen-bond donors (Lipinski definition) is 0. The Kier molecular flexibility index (Phi) is 5.85. The van der Waals surface area contributed by atoms with Gasteiger partial charge >= 0.3 is 5.97 Å². The van der Waals surface area contributed by atoms with Crippen LogP contribution in [0.5, 0.6) is 5.75 Å². The van der Waals surface area contributed by atoms with Gasteiger partial charge in [0.15, 0.2) is 5.84 Å². The Bertz CT molecular complexity index is 1210. The van der Waals surface area contributed by atoms with Crippen LogP contribution in [-0.2, 0) is 9.59 Å². The molecule has 0 atom stereocenters. The molecule has 0 bridgehead atoms. The standard InChI is InChI=1S/C26H23N3O3/c1-18(30)32-24-12-8-7-11-22(24)25-27-23(17-19-13-15-20(16-14-19)28(2)3)26(31)29(25)21-9-5-4-6-10-21/h4-17H,1-3H3. The Morgan fingerprint density at radius 1 is 0.938 bits per heavy atom. The number of carbonyl (C=O) groups excluding carboxylic acids is 2. The van der Waals surface area contributed by atoms with E-state index in [4.69, 9.17) is 4.74 Å². The van der Waals surface area contributed by atoms with E-state index >= 15 is 0 Å². The van der Waals surface area contributed by atoms with Gasteiger partial charge in [0.1, 0.15) is 11.4 Å². The van der Waals surface area contributed by atoms with Crippen molar-refractivity contribution in [3.8, 4) is 5.75 Å². The van der Waals surface area contributed by atoms with Crippen molar-refractivity contribution in [1.82, 2.24) is 0 Å². The highest BCUT2D eigenvalue weighted by molar-refractivity contribution is 6.33. The molecule has 0 aliphatic carbocycles. The van der Waals surface area contributed by atoms with E-state index in [1.54, 1.807) is 29.2 Å². The van der Waals surface area contributed by atoms with Crippen LogP contribution in [-0.4, -0.2) is 31.8 Å². The molecule has 0 unspecified atom stereocenters. The predicted octanol–water partition coefficient (Wildman–Crippen LogP) is 4.51. The zero-order valence-electron chi connectivity index (χ0n) is 18.1. The Labute approximate surface area is 187 Å².